The molecule has 0 aromatic rings. The van der Waals surface area contributed by atoms with E-state index in [1.165, 1.54) is 5.71 Å². The molecule has 6 N–H and O–H groups in total. The molecule has 5 aliphatic rings. The van der Waals surface area contributed by atoms with E-state index in [2.05, 4.69) is 33.3 Å². The maximum absolute atomic E-state index is 12.8. The van der Waals surface area contributed by atoms with E-state index in [0.717, 1.165) is 44.9 Å². The van der Waals surface area contributed by atoms with Crippen LogP contribution < -0.4 is 21.5 Å². The SMILES string of the molecule is CCNC(=O)C[C@@H]1N=C(C2CCC(Cl)CC2)C2CC(OCCC(=O)NC3CCC(O)C(O)C3)CCC2N2C(C)NNC12. The third-order valence-corrected chi connectivity index (χ3v) is 10.5. The maximum atomic E-state index is 12.8. The van der Waals surface area contributed by atoms with E-state index in [-0.39, 0.29) is 66.1 Å². The molecule has 0 aromatic heterocycles. The zero-order valence-corrected chi connectivity index (χ0v) is 25.9. The van der Waals surface area contributed by atoms with Crippen LogP contribution in [0, 0.1) is 11.8 Å². The highest BCUT2D eigenvalue weighted by molar-refractivity contribution is 6.20. The van der Waals surface area contributed by atoms with Crippen LogP contribution >= 0.6 is 11.6 Å². The Morgan fingerprint density at radius 1 is 1.02 bits per heavy atom. The lowest BCUT2D eigenvalue weighted by Gasteiger charge is -2.44. The minimum atomic E-state index is -0.783. The van der Waals surface area contributed by atoms with Gasteiger partial charge in [0.25, 0.3) is 0 Å². The number of fused-ring (bicyclic) bond motifs is 3. The fraction of sp³-hybridized carbons (Fsp3) is 0.900. The van der Waals surface area contributed by atoms with Gasteiger partial charge in [-0.05, 0) is 84.0 Å². The molecule has 2 amide bonds. The quantitative estimate of drug-likeness (QED) is 0.216. The Kier molecular flexibility index (Phi) is 11.2. The Labute approximate surface area is 254 Å². The Bertz CT molecular complexity index is 964. The van der Waals surface area contributed by atoms with Crippen molar-refractivity contribution in [3.8, 4) is 0 Å². The topological polar surface area (TPSA) is 148 Å². The number of carbonyl (C=O) groups is 2. The van der Waals surface area contributed by atoms with Crippen LogP contribution in [0.4, 0.5) is 0 Å². The minimum Gasteiger partial charge on any atom is -0.390 e. The van der Waals surface area contributed by atoms with E-state index < -0.39 is 12.2 Å². The number of aliphatic imine (C=N–C) groups is 1. The van der Waals surface area contributed by atoms with Gasteiger partial charge in [-0.15, -0.1) is 11.6 Å². The summed E-state index contributed by atoms with van der Waals surface area (Å²) in [5.74, 6) is 0.530. The highest BCUT2D eigenvalue weighted by Crippen LogP contribution is 2.42. The fourth-order valence-electron chi connectivity index (χ4n) is 7.94. The number of alkyl halides is 1. The van der Waals surface area contributed by atoms with Crippen LogP contribution in [0.5, 0.6) is 0 Å². The lowest BCUT2D eigenvalue weighted by atomic mass is 9.72. The molecule has 8 unspecified atom stereocenters. The van der Waals surface area contributed by atoms with Crippen molar-refractivity contribution in [2.45, 2.75) is 145 Å². The van der Waals surface area contributed by atoms with Gasteiger partial charge < -0.3 is 25.6 Å². The molecule has 12 heteroatoms. The first-order valence-electron chi connectivity index (χ1n) is 16.3. The molecule has 0 spiro atoms. The molecular weight excluding hydrogens is 560 g/mol. The Morgan fingerprint density at radius 2 is 1.81 bits per heavy atom. The van der Waals surface area contributed by atoms with Gasteiger partial charge in [0.15, 0.2) is 0 Å². The average Bonchev–Trinajstić information content (AvgIpc) is 3.28. The van der Waals surface area contributed by atoms with Crippen molar-refractivity contribution in [2.24, 2.45) is 16.8 Å². The summed E-state index contributed by atoms with van der Waals surface area (Å²) in [7, 11) is 0. The molecule has 4 fully saturated rings. The number of hydrazine groups is 1. The second kappa shape index (κ2) is 14.6. The molecule has 5 rings (SSSR count). The smallest absolute Gasteiger partial charge is 0.222 e. The van der Waals surface area contributed by atoms with Gasteiger partial charge in [0.2, 0.25) is 11.8 Å². The molecule has 3 aliphatic carbocycles. The molecule has 42 heavy (non-hydrogen) atoms. The van der Waals surface area contributed by atoms with Crippen LogP contribution in [-0.2, 0) is 14.3 Å². The number of hydrogen-bond donors (Lipinski definition) is 6. The third-order valence-electron chi connectivity index (χ3n) is 10.1. The van der Waals surface area contributed by atoms with Gasteiger partial charge in [-0.1, -0.05) is 0 Å². The second-order valence-corrected chi connectivity index (χ2v) is 13.6. The third kappa shape index (κ3) is 7.65. The molecule has 0 bridgehead atoms. The van der Waals surface area contributed by atoms with Crippen LogP contribution in [-0.4, -0.2) is 99.9 Å². The first-order chi connectivity index (χ1) is 20.2. The molecule has 0 aromatic carbocycles. The maximum Gasteiger partial charge on any atom is 0.222 e. The lowest BCUT2D eigenvalue weighted by molar-refractivity contribution is -0.124. The molecule has 1 saturated heterocycles. The number of carbonyl (C=O) groups excluding carboxylic acids is 2. The van der Waals surface area contributed by atoms with E-state index in [4.69, 9.17) is 21.3 Å². The van der Waals surface area contributed by atoms with Gasteiger partial charge in [-0.2, -0.15) is 0 Å². The zero-order chi connectivity index (χ0) is 29.8. The van der Waals surface area contributed by atoms with Gasteiger partial charge in [-0.25, -0.2) is 10.9 Å². The number of aliphatic hydroxyl groups excluding tert-OH is 2. The highest BCUT2D eigenvalue weighted by atomic mass is 35.5. The van der Waals surface area contributed by atoms with E-state index in [9.17, 15) is 19.8 Å². The summed E-state index contributed by atoms with van der Waals surface area (Å²) in [6.45, 7) is 5.07. The molecule has 9 atom stereocenters. The van der Waals surface area contributed by atoms with E-state index in [1.54, 1.807) is 0 Å². The number of hydrogen-bond acceptors (Lipinski definition) is 9. The van der Waals surface area contributed by atoms with Crippen molar-refractivity contribution in [2.75, 3.05) is 13.2 Å². The standard InChI is InChI=1S/C30H51ClN6O5/c1-3-32-28(41)16-23-30-36-35-17(2)37(30)24-10-9-21(15-22(24)29(34-23)18-4-6-19(31)7-5-18)42-13-12-27(40)33-20-8-11-25(38)26(39)14-20/h17-26,30,35-36,38-39H,3-16H2,1-2H3,(H,32,41)(H,33,40)/t17?,18?,19?,20?,21?,22?,23-,24?,25?,26?,30?/m0/s1. The molecular formula is C30H51ClN6O5. The Hall–Kier alpha value is -1.34. The summed E-state index contributed by atoms with van der Waals surface area (Å²) in [4.78, 5) is 33.3. The minimum absolute atomic E-state index is 0.0274. The first kappa shape index (κ1) is 32.1. The van der Waals surface area contributed by atoms with Crippen molar-refractivity contribution in [1.29, 1.82) is 0 Å². The first-order valence-corrected chi connectivity index (χ1v) is 16.7. The van der Waals surface area contributed by atoms with Gasteiger partial charge in [-0.3, -0.25) is 19.5 Å². The highest BCUT2D eigenvalue weighted by Gasteiger charge is 2.50. The number of amides is 2. The summed E-state index contributed by atoms with van der Waals surface area (Å²) >= 11 is 6.51. The van der Waals surface area contributed by atoms with Gasteiger partial charge in [0.05, 0.1) is 49.7 Å². The van der Waals surface area contributed by atoms with Crippen LogP contribution in [0.15, 0.2) is 4.99 Å². The van der Waals surface area contributed by atoms with Gasteiger partial charge in [0, 0.05) is 42.1 Å². The van der Waals surface area contributed by atoms with E-state index in [0.29, 0.717) is 44.8 Å². The van der Waals surface area contributed by atoms with Crippen molar-refractivity contribution in [3.63, 3.8) is 0 Å². The van der Waals surface area contributed by atoms with E-state index >= 15 is 0 Å². The number of nitrogens with one attached hydrogen (secondary N) is 4. The monoisotopic (exact) mass is 610 g/mol. The van der Waals surface area contributed by atoms with E-state index in [1.807, 2.05) is 6.92 Å². The summed E-state index contributed by atoms with van der Waals surface area (Å²) in [6, 6.07) is -0.00890. The predicted molar refractivity (Wildman–Crippen MR) is 161 cm³/mol. The van der Waals surface area contributed by atoms with Crippen molar-refractivity contribution in [3.05, 3.63) is 0 Å². The summed E-state index contributed by atoms with van der Waals surface area (Å²) in [5, 5.41) is 25.9. The number of aliphatic hydroxyl groups is 2. The van der Waals surface area contributed by atoms with Crippen LogP contribution in [0.2, 0.25) is 0 Å². The number of rotatable bonds is 9. The molecule has 3 saturated carbocycles. The predicted octanol–water partition coefficient (Wildman–Crippen LogP) is 1.55. The number of ether oxygens (including phenoxy) is 1. The van der Waals surface area contributed by atoms with Crippen LogP contribution in [0.3, 0.4) is 0 Å². The van der Waals surface area contributed by atoms with Gasteiger partial charge in [0.1, 0.15) is 0 Å². The summed E-state index contributed by atoms with van der Waals surface area (Å²) < 4.78 is 6.34. The molecule has 2 heterocycles. The van der Waals surface area contributed by atoms with Crippen LogP contribution in [0.25, 0.3) is 0 Å². The fourth-order valence-corrected chi connectivity index (χ4v) is 8.19. The molecule has 11 nitrogen and oxygen atoms in total. The largest absolute Gasteiger partial charge is 0.390 e. The van der Waals surface area contributed by atoms with Crippen LogP contribution in [0.1, 0.15) is 90.9 Å². The van der Waals surface area contributed by atoms with Crippen molar-refractivity contribution < 1.29 is 24.5 Å². The second-order valence-electron chi connectivity index (χ2n) is 13.0. The lowest BCUT2D eigenvalue weighted by Crippen LogP contribution is -2.55. The Morgan fingerprint density at radius 3 is 2.55 bits per heavy atom. The summed E-state index contributed by atoms with van der Waals surface area (Å²) in [5.41, 5.74) is 8.12. The molecule has 2 aliphatic heterocycles. The normalized spacial score (nSPS) is 40.8. The summed E-state index contributed by atoms with van der Waals surface area (Å²) in [6.07, 6.45) is 7.52. The van der Waals surface area contributed by atoms with Gasteiger partial charge >= 0.3 is 0 Å². The Balaban J connectivity index is 1.26. The average molecular weight is 611 g/mol. The molecule has 238 valence electrons. The molecule has 0 radical (unpaired) electrons. The van der Waals surface area contributed by atoms with Crippen molar-refractivity contribution >= 4 is 29.1 Å². The number of nitrogens with zero attached hydrogens (tertiary/aromatic N) is 2. The number of halogens is 1. The zero-order valence-electron chi connectivity index (χ0n) is 25.1. The van der Waals surface area contributed by atoms with Crippen molar-refractivity contribution in [1.82, 2.24) is 26.4 Å².